The van der Waals surface area contributed by atoms with Crippen molar-refractivity contribution in [2.24, 2.45) is 5.73 Å². The molecular weight excluding hydrogens is 244 g/mol. The standard InChI is InChI=1S/C10H18N2O4S/c1-6(13)8(17)9(14)12-7(10(15)16)4-2-3-5-11/h7-8,17H,2-5,11H2,1H3,(H,12,14)(H,15,16)/t7?,8-/m0/s1. The van der Waals surface area contributed by atoms with Gasteiger partial charge in [0.25, 0.3) is 0 Å². The number of hydrogen-bond acceptors (Lipinski definition) is 5. The fourth-order valence-electron chi connectivity index (χ4n) is 1.19. The second-order valence-corrected chi connectivity index (χ2v) is 4.21. The van der Waals surface area contributed by atoms with Crippen LogP contribution in [0.2, 0.25) is 0 Å². The lowest BCUT2D eigenvalue weighted by molar-refractivity contribution is -0.142. The third-order valence-corrected chi connectivity index (χ3v) is 2.79. The smallest absolute Gasteiger partial charge is 0.326 e. The van der Waals surface area contributed by atoms with E-state index in [9.17, 15) is 14.4 Å². The minimum absolute atomic E-state index is 0.288. The van der Waals surface area contributed by atoms with E-state index in [2.05, 4.69) is 17.9 Å². The minimum atomic E-state index is -1.13. The molecule has 7 heteroatoms. The van der Waals surface area contributed by atoms with Crippen molar-refractivity contribution in [3.8, 4) is 0 Å². The summed E-state index contributed by atoms with van der Waals surface area (Å²) in [7, 11) is 0. The third-order valence-electron chi connectivity index (χ3n) is 2.19. The third kappa shape index (κ3) is 6.28. The van der Waals surface area contributed by atoms with Gasteiger partial charge in [0.05, 0.1) is 0 Å². The summed E-state index contributed by atoms with van der Waals surface area (Å²) in [6, 6.07) is -0.997. The van der Waals surface area contributed by atoms with Crippen molar-refractivity contribution < 1.29 is 19.5 Å². The Labute approximate surface area is 105 Å². The van der Waals surface area contributed by atoms with Crippen LogP contribution in [0, 0.1) is 0 Å². The Morgan fingerprint density at radius 1 is 1.35 bits per heavy atom. The van der Waals surface area contributed by atoms with E-state index in [1.54, 1.807) is 0 Å². The number of aliphatic carboxylic acids is 1. The summed E-state index contributed by atoms with van der Waals surface area (Å²) in [4.78, 5) is 33.2. The lowest BCUT2D eigenvalue weighted by atomic mass is 10.1. The number of carbonyl (C=O) groups excluding carboxylic acids is 2. The largest absolute Gasteiger partial charge is 0.480 e. The molecule has 6 nitrogen and oxygen atoms in total. The van der Waals surface area contributed by atoms with Gasteiger partial charge in [-0.2, -0.15) is 12.6 Å². The number of unbranched alkanes of at least 4 members (excludes halogenated alkanes) is 1. The van der Waals surface area contributed by atoms with Crippen molar-refractivity contribution in [2.75, 3.05) is 6.54 Å². The maximum absolute atomic E-state index is 11.4. The molecule has 0 saturated heterocycles. The van der Waals surface area contributed by atoms with Crippen LogP contribution in [-0.4, -0.2) is 40.6 Å². The summed E-state index contributed by atoms with van der Waals surface area (Å²) in [6.45, 7) is 1.70. The van der Waals surface area contributed by atoms with Crippen LogP contribution in [-0.2, 0) is 14.4 Å². The predicted octanol–water partition coefficient (Wildman–Crippen LogP) is -0.428. The topological polar surface area (TPSA) is 109 Å². The summed E-state index contributed by atoms with van der Waals surface area (Å²) >= 11 is 3.80. The van der Waals surface area contributed by atoms with Crippen LogP contribution in [0.5, 0.6) is 0 Å². The molecule has 0 aromatic carbocycles. The molecule has 0 fully saturated rings. The summed E-state index contributed by atoms with van der Waals surface area (Å²) in [5.74, 6) is -2.22. The molecule has 17 heavy (non-hydrogen) atoms. The zero-order valence-corrected chi connectivity index (χ0v) is 10.6. The van der Waals surface area contributed by atoms with Gasteiger partial charge in [-0.15, -0.1) is 0 Å². The van der Waals surface area contributed by atoms with E-state index in [1.165, 1.54) is 6.92 Å². The van der Waals surface area contributed by atoms with Gasteiger partial charge in [-0.3, -0.25) is 9.59 Å². The number of nitrogens with two attached hydrogens (primary N) is 1. The van der Waals surface area contributed by atoms with E-state index < -0.39 is 29.0 Å². The maximum atomic E-state index is 11.4. The minimum Gasteiger partial charge on any atom is -0.480 e. The van der Waals surface area contributed by atoms with Gasteiger partial charge in [-0.25, -0.2) is 4.79 Å². The number of ketones is 1. The van der Waals surface area contributed by atoms with Gasteiger partial charge in [0.1, 0.15) is 11.3 Å². The van der Waals surface area contributed by atoms with Crippen molar-refractivity contribution in [3.05, 3.63) is 0 Å². The number of nitrogens with one attached hydrogen (secondary N) is 1. The molecule has 0 saturated carbocycles. The number of amides is 1. The normalized spacial score (nSPS) is 13.8. The molecule has 1 amide bonds. The van der Waals surface area contributed by atoms with Gasteiger partial charge >= 0.3 is 5.97 Å². The van der Waals surface area contributed by atoms with Gasteiger partial charge in [-0.05, 0) is 32.7 Å². The molecule has 98 valence electrons. The highest BCUT2D eigenvalue weighted by atomic mass is 32.1. The summed E-state index contributed by atoms with van der Waals surface area (Å²) < 4.78 is 0. The van der Waals surface area contributed by atoms with E-state index in [-0.39, 0.29) is 6.42 Å². The number of Topliss-reactive ketones (excluding diaryl/α,β-unsaturated/α-hetero) is 1. The zero-order valence-electron chi connectivity index (χ0n) is 9.68. The molecule has 0 aromatic rings. The number of thiol groups is 1. The van der Waals surface area contributed by atoms with Crippen LogP contribution in [0.4, 0.5) is 0 Å². The first-order valence-electron chi connectivity index (χ1n) is 5.32. The Kier molecular flexibility index (Phi) is 7.56. The van der Waals surface area contributed by atoms with Crippen LogP contribution >= 0.6 is 12.6 Å². The number of rotatable bonds is 8. The van der Waals surface area contributed by atoms with E-state index in [0.717, 1.165) is 0 Å². The van der Waals surface area contributed by atoms with E-state index in [4.69, 9.17) is 10.8 Å². The molecule has 0 radical (unpaired) electrons. The van der Waals surface area contributed by atoms with Crippen LogP contribution in [0.15, 0.2) is 0 Å². The highest BCUT2D eigenvalue weighted by Gasteiger charge is 2.25. The van der Waals surface area contributed by atoms with Crippen molar-refractivity contribution in [2.45, 2.75) is 37.5 Å². The average Bonchev–Trinajstić information content (AvgIpc) is 2.26. The second-order valence-electron chi connectivity index (χ2n) is 3.70. The lowest BCUT2D eigenvalue weighted by Crippen LogP contribution is -2.45. The molecule has 0 rings (SSSR count). The quantitative estimate of drug-likeness (QED) is 0.270. The SMILES string of the molecule is CC(=O)[C@H](S)C(=O)NC(CCCCN)C(=O)O. The summed E-state index contributed by atoms with van der Waals surface area (Å²) in [5.41, 5.74) is 5.29. The molecule has 0 aliphatic heterocycles. The number of carboxylic acid groups (broad SMARTS) is 1. The van der Waals surface area contributed by atoms with Crippen molar-refractivity contribution in [3.63, 3.8) is 0 Å². The molecular formula is C10H18N2O4S. The Morgan fingerprint density at radius 3 is 2.35 bits per heavy atom. The molecule has 0 heterocycles. The molecule has 0 aromatic heterocycles. The van der Waals surface area contributed by atoms with Crippen LogP contribution < -0.4 is 11.1 Å². The molecule has 2 atom stereocenters. The van der Waals surface area contributed by atoms with Gasteiger partial charge < -0.3 is 16.2 Å². The van der Waals surface area contributed by atoms with Crippen LogP contribution in [0.1, 0.15) is 26.2 Å². The van der Waals surface area contributed by atoms with Crippen LogP contribution in [0.3, 0.4) is 0 Å². The van der Waals surface area contributed by atoms with E-state index in [1.807, 2.05) is 0 Å². The fraction of sp³-hybridized carbons (Fsp3) is 0.700. The van der Waals surface area contributed by atoms with Crippen molar-refractivity contribution in [1.82, 2.24) is 5.32 Å². The zero-order chi connectivity index (χ0) is 13.4. The number of carbonyl (C=O) groups is 3. The molecule has 0 bridgehead atoms. The van der Waals surface area contributed by atoms with Gasteiger partial charge in [-0.1, -0.05) is 0 Å². The average molecular weight is 262 g/mol. The fourth-order valence-corrected chi connectivity index (χ4v) is 1.26. The van der Waals surface area contributed by atoms with E-state index in [0.29, 0.717) is 19.4 Å². The predicted molar refractivity (Wildman–Crippen MR) is 65.9 cm³/mol. The van der Waals surface area contributed by atoms with E-state index >= 15 is 0 Å². The lowest BCUT2D eigenvalue weighted by Gasteiger charge is -2.16. The Bertz CT molecular complexity index is 296. The van der Waals surface area contributed by atoms with Gasteiger partial charge in [0, 0.05) is 0 Å². The Hall–Kier alpha value is -1.08. The second kappa shape index (κ2) is 8.08. The first kappa shape index (κ1) is 15.9. The van der Waals surface area contributed by atoms with Gasteiger partial charge in [0.2, 0.25) is 5.91 Å². The molecule has 0 spiro atoms. The molecule has 4 N–H and O–H groups in total. The first-order valence-corrected chi connectivity index (χ1v) is 5.83. The molecule has 0 aliphatic rings. The summed E-state index contributed by atoms with van der Waals surface area (Å²) in [6.07, 6.45) is 1.58. The Balaban J connectivity index is 4.29. The molecule has 1 unspecified atom stereocenters. The number of carboxylic acids is 1. The number of hydrogen-bond donors (Lipinski definition) is 4. The van der Waals surface area contributed by atoms with Crippen molar-refractivity contribution in [1.29, 1.82) is 0 Å². The maximum Gasteiger partial charge on any atom is 0.326 e. The first-order chi connectivity index (χ1) is 7.90. The monoisotopic (exact) mass is 262 g/mol. The molecule has 0 aliphatic carbocycles. The Morgan fingerprint density at radius 2 is 1.94 bits per heavy atom. The van der Waals surface area contributed by atoms with Crippen molar-refractivity contribution >= 4 is 30.3 Å². The highest BCUT2D eigenvalue weighted by molar-refractivity contribution is 7.82. The van der Waals surface area contributed by atoms with Gasteiger partial charge in [0.15, 0.2) is 5.78 Å². The van der Waals surface area contributed by atoms with Crippen LogP contribution in [0.25, 0.3) is 0 Å². The summed E-state index contributed by atoms with van der Waals surface area (Å²) in [5, 5.41) is 10.0. The highest BCUT2D eigenvalue weighted by Crippen LogP contribution is 2.03.